The molecule has 1 aromatic carbocycles. The number of nitrogens with zero attached hydrogens (tertiary/aromatic N) is 2. The number of hydrogen-bond acceptors (Lipinski definition) is 12. The van der Waals surface area contributed by atoms with E-state index in [1.165, 1.54) is 51.2 Å². The van der Waals surface area contributed by atoms with Crippen LogP contribution in [-0.4, -0.2) is 73.4 Å². The summed E-state index contributed by atoms with van der Waals surface area (Å²) in [5.74, 6) is -0.126. The van der Waals surface area contributed by atoms with Gasteiger partial charge in [-0.1, -0.05) is 30.0 Å². The second-order valence-electron chi connectivity index (χ2n) is 10.5. The molecule has 43 heavy (non-hydrogen) atoms. The van der Waals surface area contributed by atoms with Crippen molar-refractivity contribution in [3.8, 4) is 0 Å². The number of nitrogens with two attached hydrogens (primary N) is 1. The van der Waals surface area contributed by atoms with Gasteiger partial charge >= 0.3 is 19.6 Å². The summed E-state index contributed by atoms with van der Waals surface area (Å²) in [5.41, 5.74) is 0.282. The van der Waals surface area contributed by atoms with Crippen LogP contribution in [0.15, 0.2) is 41.3 Å². The van der Waals surface area contributed by atoms with Crippen LogP contribution in [0.5, 0.6) is 0 Å². The van der Waals surface area contributed by atoms with Gasteiger partial charge in [0, 0.05) is 18.5 Å². The van der Waals surface area contributed by atoms with Crippen molar-refractivity contribution in [3.05, 3.63) is 58.1 Å². The van der Waals surface area contributed by atoms with Crippen molar-refractivity contribution in [1.29, 1.82) is 0 Å². The van der Waals surface area contributed by atoms with Gasteiger partial charge in [0.1, 0.15) is 23.6 Å². The van der Waals surface area contributed by atoms with Crippen LogP contribution in [0.25, 0.3) is 0 Å². The van der Waals surface area contributed by atoms with Crippen LogP contribution in [0.3, 0.4) is 0 Å². The molecule has 13 nitrogen and oxygen atoms in total. The first-order valence-electron chi connectivity index (χ1n) is 12.9. The highest BCUT2D eigenvalue weighted by Gasteiger charge is 2.54. The quantitative estimate of drug-likeness (QED) is 0.156. The summed E-state index contributed by atoms with van der Waals surface area (Å²) in [4.78, 5) is 28.1. The van der Waals surface area contributed by atoms with E-state index in [-0.39, 0.29) is 28.9 Å². The first-order valence-corrected chi connectivity index (χ1v) is 15.4. The smallest absolute Gasteiger partial charge is 0.395 e. The molecule has 1 saturated heterocycles. The number of carbonyl (C=O) groups excluding carboxylic acids is 1. The molecule has 0 saturated carbocycles. The molecule has 0 bridgehead atoms. The molecule has 3 rings (SSSR count). The maximum absolute atomic E-state index is 13.7. The zero-order valence-electron chi connectivity index (χ0n) is 23.5. The minimum atomic E-state index is -4.70. The molecule has 0 aliphatic carbocycles. The van der Waals surface area contributed by atoms with E-state index in [9.17, 15) is 42.6 Å². The zero-order valence-corrected chi connectivity index (χ0v) is 25.2. The highest BCUT2D eigenvalue weighted by molar-refractivity contribution is 8.13. The Hall–Kier alpha value is -2.34. The fraction of sp³-hybridized carbons (Fsp3) is 0.560. The van der Waals surface area contributed by atoms with Crippen molar-refractivity contribution in [2.45, 2.75) is 57.5 Å². The number of nitrogen functional groups attached to an aromatic ring is 1. The number of aliphatic hydroxyl groups is 3. The Morgan fingerprint density at radius 1 is 1.28 bits per heavy atom. The summed E-state index contributed by atoms with van der Waals surface area (Å²) in [6, 6.07) is 5.86. The minimum Gasteiger partial charge on any atom is -0.395 e. The monoisotopic (exact) mass is 654 g/mol. The molecule has 1 aliphatic rings. The lowest BCUT2D eigenvalue weighted by molar-refractivity contribution is -0.138. The van der Waals surface area contributed by atoms with Gasteiger partial charge < -0.3 is 25.8 Å². The van der Waals surface area contributed by atoms with Gasteiger partial charge in [0.05, 0.1) is 30.8 Å². The Morgan fingerprint density at radius 3 is 2.58 bits per heavy atom. The fourth-order valence-corrected chi connectivity index (χ4v) is 6.19. The van der Waals surface area contributed by atoms with Gasteiger partial charge in [-0.3, -0.25) is 18.4 Å². The van der Waals surface area contributed by atoms with Gasteiger partial charge in [-0.15, -0.1) is 0 Å². The number of rotatable bonds is 13. The Bertz CT molecular complexity index is 1390. The molecule has 240 valence electrons. The Labute approximate surface area is 249 Å². The maximum Gasteiger partial charge on any atom is 0.416 e. The number of aliphatic hydroxyl groups excluding tert-OH is 2. The van der Waals surface area contributed by atoms with Crippen molar-refractivity contribution >= 4 is 30.4 Å². The number of benzene rings is 1. The molecule has 0 spiro atoms. The molecular weight excluding hydrogens is 620 g/mol. The van der Waals surface area contributed by atoms with E-state index in [2.05, 4.69) is 10.1 Å². The number of nitrogens with one attached hydrogen (secondary N) is 1. The second kappa shape index (κ2) is 13.7. The molecule has 6 N–H and O–H groups in total. The van der Waals surface area contributed by atoms with Gasteiger partial charge in [-0.2, -0.15) is 18.2 Å². The number of thioether (sulfide) groups is 1. The van der Waals surface area contributed by atoms with Gasteiger partial charge in [0.15, 0.2) is 11.3 Å². The van der Waals surface area contributed by atoms with Crippen LogP contribution < -0.4 is 16.5 Å². The number of alkyl halides is 3. The number of halogens is 3. The standard InChI is InChI=1S/C25H34F3N4O9PS/c1-23(2,14-33)21(35)43-11-10-39-42(38,30-12-15-6-4-5-7-16(15)25(26,27)28)40-13-17-19(34)24(3,37)20(41-17)32-9-8-18(29)31-22(32)36/h4-9,17,19-20,33-34,37H,10-14H2,1-3H3,(H,30,38)(H2,29,31,36)/t17-,19?,20?,24?,42?/m1/s1. The summed E-state index contributed by atoms with van der Waals surface area (Å²) in [6.07, 6.45) is -8.02. The summed E-state index contributed by atoms with van der Waals surface area (Å²) in [5, 5.41) is 33.0. The minimum absolute atomic E-state index is 0.0389. The van der Waals surface area contributed by atoms with Crippen LogP contribution in [0.1, 0.15) is 38.1 Å². The number of hydrogen-bond donors (Lipinski definition) is 5. The molecule has 0 radical (unpaired) electrons. The van der Waals surface area contributed by atoms with Crippen molar-refractivity contribution in [2.24, 2.45) is 5.41 Å². The Balaban J connectivity index is 1.76. The van der Waals surface area contributed by atoms with E-state index in [0.29, 0.717) is 0 Å². The SMILES string of the molecule is CC(C)(CO)C(=O)SCCOP(=O)(NCc1ccccc1C(F)(F)F)OC[C@H]1OC(n2ccc(N)nc2=O)C(C)(O)C1O. The third kappa shape index (κ3) is 8.65. The lowest BCUT2D eigenvalue weighted by atomic mass is 9.96. The summed E-state index contributed by atoms with van der Waals surface area (Å²) in [6.45, 7) is 2.19. The molecule has 18 heteroatoms. The van der Waals surface area contributed by atoms with Crippen molar-refractivity contribution in [3.63, 3.8) is 0 Å². The highest BCUT2D eigenvalue weighted by Crippen LogP contribution is 2.47. The number of ether oxygens (including phenoxy) is 1. The average molecular weight is 655 g/mol. The van der Waals surface area contributed by atoms with Gasteiger partial charge in [0.2, 0.25) is 0 Å². The third-order valence-electron chi connectivity index (χ3n) is 6.58. The topological polar surface area (TPSA) is 195 Å². The van der Waals surface area contributed by atoms with Gasteiger partial charge in [-0.25, -0.2) is 14.4 Å². The molecule has 5 atom stereocenters. The van der Waals surface area contributed by atoms with E-state index >= 15 is 0 Å². The predicted molar refractivity (Wildman–Crippen MR) is 150 cm³/mol. The van der Waals surface area contributed by atoms with Gasteiger partial charge in [0.25, 0.3) is 0 Å². The van der Waals surface area contributed by atoms with Crippen molar-refractivity contribution in [1.82, 2.24) is 14.6 Å². The first kappa shape index (κ1) is 35.1. The lowest BCUT2D eigenvalue weighted by Gasteiger charge is -2.27. The Morgan fingerprint density at radius 2 is 1.95 bits per heavy atom. The van der Waals surface area contributed by atoms with E-state index in [0.717, 1.165) is 22.4 Å². The number of carbonyl (C=O) groups is 1. The summed E-state index contributed by atoms with van der Waals surface area (Å²) < 4.78 is 71.5. The zero-order chi connectivity index (χ0) is 32.2. The van der Waals surface area contributed by atoms with Crippen molar-refractivity contribution in [2.75, 3.05) is 31.3 Å². The van der Waals surface area contributed by atoms with Crippen LogP contribution in [-0.2, 0) is 35.9 Å². The van der Waals surface area contributed by atoms with E-state index < -0.39 is 74.4 Å². The summed E-state index contributed by atoms with van der Waals surface area (Å²) >= 11 is 0.791. The molecule has 4 unspecified atom stereocenters. The van der Waals surface area contributed by atoms with Crippen LogP contribution in [0.2, 0.25) is 0 Å². The molecule has 2 heterocycles. The van der Waals surface area contributed by atoms with Gasteiger partial charge in [-0.05, 0) is 38.5 Å². The largest absolute Gasteiger partial charge is 0.416 e. The molecule has 1 aromatic heterocycles. The fourth-order valence-electron chi connectivity index (χ4n) is 3.97. The predicted octanol–water partition coefficient (Wildman–Crippen LogP) is 2.06. The first-order chi connectivity index (χ1) is 19.9. The molecule has 1 aliphatic heterocycles. The van der Waals surface area contributed by atoms with E-state index in [1.807, 2.05) is 0 Å². The van der Waals surface area contributed by atoms with Crippen LogP contribution in [0.4, 0.5) is 19.0 Å². The highest BCUT2D eigenvalue weighted by atomic mass is 32.2. The van der Waals surface area contributed by atoms with E-state index in [4.69, 9.17) is 19.5 Å². The lowest BCUT2D eigenvalue weighted by Crippen LogP contribution is -2.46. The summed E-state index contributed by atoms with van der Waals surface area (Å²) in [7, 11) is -4.45. The molecule has 2 aromatic rings. The molecular formula is C25H34F3N4O9PS. The third-order valence-corrected chi connectivity index (χ3v) is 9.32. The van der Waals surface area contributed by atoms with Crippen LogP contribution in [0, 0.1) is 5.41 Å². The number of aromatic nitrogens is 2. The maximum atomic E-state index is 13.7. The normalized spacial score (nSPS) is 24.2. The molecule has 0 amide bonds. The van der Waals surface area contributed by atoms with Crippen LogP contribution >= 0.6 is 19.5 Å². The Kier molecular flexibility index (Phi) is 11.2. The number of anilines is 1. The van der Waals surface area contributed by atoms with E-state index in [1.54, 1.807) is 0 Å². The average Bonchev–Trinajstić information content (AvgIpc) is 3.16. The molecule has 1 fully saturated rings. The second-order valence-corrected chi connectivity index (χ2v) is 13.4. The van der Waals surface area contributed by atoms with Crippen molar-refractivity contribution < 1.29 is 51.6 Å².